The van der Waals surface area contributed by atoms with Crippen LogP contribution >= 0.6 is 27.5 Å². The summed E-state index contributed by atoms with van der Waals surface area (Å²) in [5.74, 6) is -0.286. The first-order valence-corrected chi connectivity index (χ1v) is 7.45. The highest BCUT2D eigenvalue weighted by Crippen LogP contribution is 2.29. The Balaban J connectivity index is 2.30. The standard InChI is InChI=1S/C9H7BrClFN2O3S/c10-6-3-13-8(2-7(6)11)14-4-5(1-9(14)15)18(12,16)17/h2-3,5H,1,4H2. The first-order chi connectivity index (χ1) is 8.29. The zero-order valence-electron chi connectivity index (χ0n) is 8.81. The minimum Gasteiger partial charge on any atom is -0.295 e. The Morgan fingerprint density at radius 2 is 2.22 bits per heavy atom. The maximum atomic E-state index is 12.8. The van der Waals surface area contributed by atoms with Crippen molar-refractivity contribution in [2.24, 2.45) is 0 Å². The van der Waals surface area contributed by atoms with Gasteiger partial charge in [0.15, 0.2) is 0 Å². The smallest absolute Gasteiger partial charge is 0.295 e. The van der Waals surface area contributed by atoms with Crippen molar-refractivity contribution in [3.05, 3.63) is 21.8 Å². The predicted molar refractivity (Wildman–Crippen MR) is 67.7 cm³/mol. The Labute approximate surface area is 116 Å². The molecule has 2 rings (SSSR count). The Bertz CT molecular complexity index is 610. The first-order valence-electron chi connectivity index (χ1n) is 4.84. The van der Waals surface area contributed by atoms with E-state index < -0.39 is 21.4 Å². The highest BCUT2D eigenvalue weighted by molar-refractivity contribution is 9.10. The van der Waals surface area contributed by atoms with Crippen LogP contribution in [0.2, 0.25) is 5.02 Å². The van der Waals surface area contributed by atoms with Crippen molar-refractivity contribution < 1.29 is 17.1 Å². The van der Waals surface area contributed by atoms with Gasteiger partial charge in [-0.15, -0.1) is 3.89 Å². The molecule has 1 aromatic rings. The summed E-state index contributed by atoms with van der Waals surface area (Å²) in [4.78, 5) is 16.7. The molecule has 1 aromatic heterocycles. The summed E-state index contributed by atoms with van der Waals surface area (Å²) < 4.78 is 34.9. The summed E-state index contributed by atoms with van der Waals surface area (Å²) >= 11 is 8.99. The van der Waals surface area contributed by atoms with Gasteiger partial charge in [0, 0.05) is 25.2 Å². The lowest BCUT2D eigenvalue weighted by molar-refractivity contribution is -0.117. The molecule has 18 heavy (non-hydrogen) atoms. The van der Waals surface area contributed by atoms with Crippen molar-refractivity contribution in [1.82, 2.24) is 4.98 Å². The zero-order chi connectivity index (χ0) is 13.5. The lowest BCUT2D eigenvalue weighted by Crippen LogP contribution is -2.27. The fourth-order valence-corrected chi connectivity index (χ4v) is 2.67. The molecule has 1 amide bonds. The molecule has 1 atom stereocenters. The summed E-state index contributed by atoms with van der Waals surface area (Å²) in [5.41, 5.74) is 0. The van der Waals surface area contributed by atoms with Crippen molar-refractivity contribution in [2.75, 3.05) is 11.4 Å². The van der Waals surface area contributed by atoms with E-state index in [4.69, 9.17) is 11.6 Å². The van der Waals surface area contributed by atoms with E-state index in [0.29, 0.717) is 9.50 Å². The van der Waals surface area contributed by atoms with Gasteiger partial charge in [-0.05, 0) is 15.9 Å². The molecule has 1 saturated heterocycles. The lowest BCUT2D eigenvalue weighted by atomic mass is 10.4. The summed E-state index contributed by atoms with van der Waals surface area (Å²) in [6, 6.07) is 1.41. The number of carbonyl (C=O) groups is 1. The molecule has 0 aliphatic carbocycles. The van der Waals surface area contributed by atoms with Crippen molar-refractivity contribution in [1.29, 1.82) is 0 Å². The molecule has 1 unspecified atom stereocenters. The summed E-state index contributed by atoms with van der Waals surface area (Å²) in [7, 11) is -4.73. The van der Waals surface area contributed by atoms with Crippen LogP contribution in [0.4, 0.5) is 9.70 Å². The first kappa shape index (κ1) is 13.7. The van der Waals surface area contributed by atoms with E-state index in [-0.39, 0.29) is 18.8 Å². The van der Waals surface area contributed by atoms with Crippen LogP contribution in [-0.4, -0.2) is 31.1 Å². The van der Waals surface area contributed by atoms with E-state index in [1.165, 1.54) is 12.3 Å². The van der Waals surface area contributed by atoms with Crippen LogP contribution in [-0.2, 0) is 15.0 Å². The second-order valence-electron chi connectivity index (χ2n) is 3.76. The number of pyridine rings is 1. The van der Waals surface area contributed by atoms with Gasteiger partial charge in [0.25, 0.3) is 0 Å². The van der Waals surface area contributed by atoms with Crippen molar-refractivity contribution in [3.8, 4) is 0 Å². The third-order valence-corrected chi connectivity index (χ3v) is 4.84. The Hall–Kier alpha value is -0.730. The number of nitrogens with zero attached hydrogens (tertiary/aromatic N) is 2. The van der Waals surface area contributed by atoms with Crippen LogP contribution in [0.25, 0.3) is 0 Å². The lowest BCUT2D eigenvalue weighted by Gasteiger charge is -2.15. The van der Waals surface area contributed by atoms with Gasteiger partial charge in [0.05, 0.1) is 9.50 Å². The van der Waals surface area contributed by atoms with Gasteiger partial charge in [0.1, 0.15) is 11.1 Å². The molecular formula is C9H7BrClFN2O3S. The second kappa shape index (κ2) is 4.75. The minimum atomic E-state index is -4.73. The molecule has 1 aliphatic heterocycles. The fraction of sp³-hybridized carbons (Fsp3) is 0.333. The minimum absolute atomic E-state index is 0.208. The number of carbonyl (C=O) groups excluding carboxylic acids is 1. The van der Waals surface area contributed by atoms with E-state index in [1.54, 1.807) is 0 Å². The molecule has 5 nitrogen and oxygen atoms in total. The van der Waals surface area contributed by atoms with Gasteiger partial charge < -0.3 is 0 Å². The highest BCUT2D eigenvalue weighted by atomic mass is 79.9. The maximum Gasteiger partial charge on any atom is 0.307 e. The van der Waals surface area contributed by atoms with Gasteiger partial charge in [0.2, 0.25) is 5.91 Å². The van der Waals surface area contributed by atoms with Gasteiger partial charge in [-0.2, -0.15) is 8.42 Å². The van der Waals surface area contributed by atoms with E-state index in [9.17, 15) is 17.1 Å². The van der Waals surface area contributed by atoms with Gasteiger partial charge >= 0.3 is 10.2 Å². The molecular weight excluding hydrogens is 351 g/mol. The monoisotopic (exact) mass is 356 g/mol. The number of rotatable bonds is 2. The number of hydrogen-bond acceptors (Lipinski definition) is 4. The van der Waals surface area contributed by atoms with Crippen LogP contribution in [0.15, 0.2) is 16.7 Å². The predicted octanol–water partition coefficient (Wildman–Crippen LogP) is 1.90. The molecule has 0 radical (unpaired) electrons. The van der Waals surface area contributed by atoms with Crippen LogP contribution in [0.3, 0.4) is 0 Å². The van der Waals surface area contributed by atoms with Crippen molar-refractivity contribution in [3.63, 3.8) is 0 Å². The zero-order valence-corrected chi connectivity index (χ0v) is 12.0. The van der Waals surface area contributed by atoms with E-state index >= 15 is 0 Å². The SMILES string of the molecule is O=C1CC(S(=O)(=O)F)CN1c1cc(Cl)c(Br)cn1. The van der Waals surface area contributed by atoms with Crippen LogP contribution in [0, 0.1) is 0 Å². The Kier molecular flexibility index (Phi) is 3.61. The third-order valence-electron chi connectivity index (χ3n) is 2.56. The van der Waals surface area contributed by atoms with Crippen molar-refractivity contribution >= 4 is 49.5 Å². The topological polar surface area (TPSA) is 67.3 Å². The number of aromatic nitrogens is 1. The fourth-order valence-electron chi connectivity index (χ4n) is 1.64. The van der Waals surface area contributed by atoms with E-state index in [1.807, 2.05) is 0 Å². The Morgan fingerprint density at radius 3 is 2.72 bits per heavy atom. The average Bonchev–Trinajstić information content (AvgIpc) is 2.64. The summed E-state index contributed by atoms with van der Waals surface area (Å²) in [6.45, 7) is -0.247. The van der Waals surface area contributed by atoms with E-state index in [0.717, 1.165) is 4.90 Å². The quantitative estimate of drug-likeness (QED) is 0.758. The molecule has 0 spiro atoms. The number of hydrogen-bond donors (Lipinski definition) is 0. The van der Waals surface area contributed by atoms with Gasteiger partial charge in [-0.25, -0.2) is 4.98 Å². The molecule has 0 saturated carbocycles. The number of halogens is 3. The third kappa shape index (κ3) is 2.65. The van der Waals surface area contributed by atoms with Crippen molar-refractivity contribution in [2.45, 2.75) is 11.7 Å². The number of amides is 1. The van der Waals surface area contributed by atoms with E-state index in [2.05, 4.69) is 20.9 Å². The Morgan fingerprint density at radius 1 is 1.56 bits per heavy atom. The largest absolute Gasteiger partial charge is 0.307 e. The summed E-state index contributed by atoms with van der Waals surface area (Å²) in [6.07, 6.45) is 1.01. The molecule has 0 bridgehead atoms. The maximum absolute atomic E-state index is 12.8. The normalized spacial score (nSPS) is 20.5. The molecule has 1 aliphatic rings. The summed E-state index contributed by atoms with van der Waals surface area (Å²) in [5, 5.41) is -1.01. The molecule has 98 valence electrons. The molecule has 0 N–H and O–H groups in total. The van der Waals surface area contributed by atoms with Gasteiger partial charge in [-0.1, -0.05) is 11.6 Å². The average molecular weight is 358 g/mol. The molecule has 1 fully saturated rings. The number of anilines is 1. The van der Waals surface area contributed by atoms with Gasteiger partial charge in [-0.3, -0.25) is 9.69 Å². The molecule has 2 heterocycles. The van der Waals surface area contributed by atoms with Crippen LogP contribution < -0.4 is 4.90 Å². The molecule has 0 aromatic carbocycles. The molecule has 9 heteroatoms. The van der Waals surface area contributed by atoms with Crippen LogP contribution in [0.1, 0.15) is 6.42 Å². The highest BCUT2D eigenvalue weighted by Gasteiger charge is 2.39. The second-order valence-corrected chi connectivity index (χ2v) is 6.64. The van der Waals surface area contributed by atoms with Crippen LogP contribution in [0.5, 0.6) is 0 Å².